The first kappa shape index (κ1) is 20.6. The lowest BCUT2D eigenvalue weighted by Gasteiger charge is -2.17. The monoisotopic (exact) mass is 414 g/mol. The Morgan fingerprint density at radius 2 is 1.69 bits per heavy atom. The van der Waals surface area contributed by atoms with Gasteiger partial charge in [0.15, 0.2) is 5.75 Å². The van der Waals surface area contributed by atoms with Crippen molar-refractivity contribution in [3.8, 4) is 11.5 Å². The number of nitrogens with zero attached hydrogens (tertiary/aromatic N) is 1. The van der Waals surface area contributed by atoms with Crippen LogP contribution in [0.1, 0.15) is 27.3 Å². The Bertz CT molecular complexity index is 1130. The van der Waals surface area contributed by atoms with E-state index in [1.807, 2.05) is 26.0 Å². The van der Waals surface area contributed by atoms with Crippen molar-refractivity contribution in [2.24, 2.45) is 5.14 Å². The van der Waals surface area contributed by atoms with E-state index in [1.165, 1.54) is 6.07 Å². The van der Waals surface area contributed by atoms with Crippen LogP contribution in [0, 0.1) is 13.8 Å². The summed E-state index contributed by atoms with van der Waals surface area (Å²) in [6.07, 6.45) is 0.363. The van der Waals surface area contributed by atoms with Gasteiger partial charge in [-0.25, -0.2) is 18.4 Å². The first-order valence-corrected chi connectivity index (χ1v) is 10.5. The summed E-state index contributed by atoms with van der Waals surface area (Å²) in [4.78, 5) is 11.2. The van der Waals surface area contributed by atoms with Gasteiger partial charge in [-0.3, -0.25) is 0 Å². The van der Waals surface area contributed by atoms with Gasteiger partial charge in [-0.15, -0.1) is 0 Å². The van der Waals surface area contributed by atoms with Crippen molar-refractivity contribution >= 4 is 16.0 Å². The van der Waals surface area contributed by atoms with Crippen molar-refractivity contribution in [1.82, 2.24) is 4.57 Å². The van der Waals surface area contributed by atoms with E-state index in [0.29, 0.717) is 24.3 Å². The third kappa shape index (κ3) is 4.67. The number of rotatable bonds is 7. The van der Waals surface area contributed by atoms with Crippen molar-refractivity contribution in [1.29, 1.82) is 0 Å². The van der Waals surface area contributed by atoms with E-state index in [4.69, 9.17) is 9.88 Å². The normalized spacial score (nSPS) is 11.4. The Kier molecular flexibility index (Phi) is 5.76. The molecule has 8 heteroatoms. The van der Waals surface area contributed by atoms with Gasteiger partial charge in [0.1, 0.15) is 10.6 Å². The topological polar surface area (TPSA) is 112 Å². The molecular formula is C21H22N2O5S. The Hall–Kier alpha value is -3.10. The number of hydrogen-bond acceptors (Lipinski definition) is 4. The second-order valence-electron chi connectivity index (χ2n) is 6.75. The van der Waals surface area contributed by atoms with E-state index in [-0.39, 0.29) is 16.2 Å². The van der Waals surface area contributed by atoms with Crippen molar-refractivity contribution in [2.75, 3.05) is 0 Å². The van der Waals surface area contributed by atoms with Crippen LogP contribution in [0.5, 0.6) is 11.5 Å². The number of carboxylic acids is 1. The molecule has 1 aromatic heterocycles. The van der Waals surface area contributed by atoms with Gasteiger partial charge in [-0.1, -0.05) is 18.2 Å². The van der Waals surface area contributed by atoms with Crippen molar-refractivity contribution in [2.45, 2.75) is 31.7 Å². The Morgan fingerprint density at radius 1 is 1.07 bits per heavy atom. The van der Waals surface area contributed by atoms with Crippen molar-refractivity contribution in [3.05, 3.63) is 77.1 Å². The molecule has 3 aromatic rings. The third-order valence-corrected chi connectivity index (χ3v) is 5.59. The number of carbonyl (C=O) groups is 1. The summed E-state index contributed by atoms with van der Waals surface area (Å²) in [6.45, 7) is 4.47. The predicted octanol–water partition coefficient (Wildman–Crippen LogP) is 3.49. The highest BCUT2D eigenvalue weighted by molar-refractivity contribution is 7.89. The highest BCUT2D eigenvalue weighted by Crippen LogP contribution is 2.34. The van der Waals surface area contributed by atoms with Gasteiger partial charge >= 0.3 is 5.97 Å². The maximum atomic E-state index is 12.2. The molecule has 0 radical (unpaired) electrons. The van der Waals surface area contributed by atoms with Gasteiger partial charge in [0.2, 0.25) is 10.0 Å². The van der Waals surface area contributed by atoms with Gasteiger partial charge in [0.25, 0.3) is 0 Å². The summed E-state index contributed by atoms with van der Waals surface area (Å²) in [7, 11) is -4.22. The molecule has 0 saturated heterocycles. The molecule has 0 bridgehead atoms. The number of aryl methyl sites for hydroxylation is 3. The molecule has 0 unspecified atom stereocenters. The molecule has 152 valence electrons. The molecule has 0 fully saturated rings. The average molecular weight is 414 g/mol. The quantitative estimate of drug-likeness (QED) is 0.615. The van der Waals surface area contributed by atoms with Gasteiger partial charge in [0.05, 0.1) is 5.56 Å². The molecule has 0 amide bonds. The molecule has 3 rings (SSSR count). The number of aromatic nitrogens is 1. The number of nitrogens with two attached hydrogens (primary N) is 1. The number of aromatic carboxylic acids is 1. The minimum absolute atomic E-state index is 0.0474. The number of carboxylic acid groups (broad SMARTS) is 1. The zero-order valence-electron chi connectivity index (χ0n) is 16.1. The Balaban J connectivity index is 2.12. The molecule has 3 N–H and O–H groups in total. The van der Waals surface area contributed by atoms with Crippen LogP contribution in [0.4, 0.5) is 0 Å². The molecule has 7 nitrogen and oxygen atoms in total. The molecular weight excluding hydrogens is 392 g/mol. The van der Waals surface area contributed by atoms with E-state index >= 15 is 0 Å². The van der Waals surface area contributed by atoms with Crippen LogP contribution in [-0.2, 0) is 23.0 Å². The van der Waals surface area contributed by atoms with Gasteiger partial charge < -0.3 is 14.4 Å². The van der Waals surface area contributed by atoms with Crippen LogP contribution in [0.25, 0.3) is 0 Å². The number of sulfonamides is 1. The number of hydrogen-bond donors (Lipinski definition) is 2. The summed E-state index contributed by atoms with van der Waals surface area (Å²) in [5, 5.41) is 14.8. The van der Waals surface area contributed by atoms with Crippen LogP contribution in [-0.4, -0.2) is 24.1 Å². The second-order valence-corrected chi connectivity index (χ2v) is 8.28. The van der Waals surface area contributed by atoms with Gasteiger partial charge in [-0.2, -0.15) is 0 Å². The van der Waals surface area contributed by atoms with Crippen LogP contribution < -0.4 is 9.88 Å². The van der Waals surface area contributed by atoms with E-state index in [0.717, 1.165) is 17.5 Å². The lowest BCUT2D eigenvalue weighted by molar-refractivity contribution is 0.0696. The summed E-state index contributed by atoms with van der Waals surface area (Å²) in [5.74, 6) is -0.767. The molecule has 0 aliphatic heterocycles. The predicted molar refractivity (Wildman–Crippen MR) is 109 cm³/mol. The van der Waals surface area contributed by atoms with E-state index in [1.54, 1.807) is 30.3 Å². The Labute approximate surface area is 169 Å². The number of primary sulfonamides is 1. The summed E-state index contributed by atoms with van der Waals surface area (Å²) >= 11 is 0. The van der Waals surface area contributed by atoms with E-state index in [2.05, 4.69) is 4.57 Å². The van der Waals surface area contributed by atoms with Crippen LogP contribution in [0.2, 0.25) is 0 Å². The molecule has 0 atom stereocenters. The molecule has 0 saturated carbocycles. The zero-order valence-corrected chi connectivity index (χ0v) is 16.9. The highest BCUT2D eigenvalue weighted by Gasteiger charge is 2.23. The fourth-order valence-corrected chi connectivity index (χ4v) is 3.91. The van der Waals surface area contributed by atoms with Gasteiger partial charge in [-0.05, 0) is 62.2 Å². The maximum Gasteiger partial charge on any atom is 0.335 e. The molecule has 29 heavy (non-hydrogen) atoms. The molecule has 0 aliphatic carbocycles. The summed E-state index contributed by atoms with van der Waals surface area (Å²) in [6, 6.07) is 15.1. The standard InChI is InChI=1S/C21H22N2O5S/c1-14-8-9-15(2)23(14)11-10-16-12-17(21(24)25)13-19(29(22,26)27)20(16)28-18-6-4-3-5-7-18/h3-9,12-13H,10-11H2,1-2H3,(H,24,25)(H2,22,26,27). The molecule has 0 aliphatic rings. The number of benzene rings is 2. The lowest BCUT2D eigenvalue weighted by atomic mass is 10.1. The highest BCUT2D eigenvalue weighted by atomic mass is 32.2. The summed E-state index contributed by atoms with van der Waals surface area (Å²) < 4.78 is 32.4. The first-order chi connectivity index (χ1) is 13.7. The Morgan fingerprint density at radius 3 is 2.24 bits per heavy atom. The first-order valence-electron chi connectivity index (χ1n) is 8.95. The molecule has 1 heterocycles. The molecule has 0 spiro atoms. The van der Waals surface area contributed by atoms with Crippen LogP contribution >= 0.6 is 0 Å². The number of para-hydroxylation sites is 1. The third-order valence-electron chi connectivity index (χ3n) is 4.67. The number of ether oxygens (including phenoxy) is 1. The smallest absolute Gasteiger partial charge is 0.335 e. The second kappa shape index (κ2) is 8.10. The zero-order chi connectivity index (χ0) is 21.2. The van der Waals surface area contributed by atoms with E-state index in [9.17, 15) is 18.3 Å². The minimum Gasteiger partial charge on any atom is -0.478 e. The van der Waals surface area contributed by atoms with Crippen LogP contribution in [0.15, 0.2) is 59.5 Å². The fourth-order valence-electron chi connectivity index (χ4n) is 3.19. The van der Waals surface area contributed by atoms with E-state index < -0.39 is 16.0 Å². The van der Waals surface area contributed by atoms with Gasteiger partial charge in [0, 0.05) is 17.9 Å². The SMILES string of the molecule is Cc1ccc(C)n1CCc1cc(C(=O)O)cc(S(N)(=O)=O)c1Oc1ccccc1. The van der Waals surface area contributed by atoms with Crippen molar-refractivity contribution in [3.63, 3.8) is 0 Å². The average Bonchev–Trinajstić information content (AvgIpc) is 2.98. The largest absolute Gasteiger partial charge is 0.478 e. The maximum absolute atomic E-state index is 12.2. The van der Waals surface area contributed by atoms with Crippen molar-refractivity contribution < 1.29 is 23.1 Å². The van der Waals surface area contributed by atoms with Crippen LogP contribution in [0.3, 0.4) is 0 Å². The fraction of sp³-hybridized carbons (Fsp3) is 0.190. The minimum atomic E-state index is -4.22. The summed E-state index contributed by atoms with van der Waals surface area (Å²) in [5.41, 5.74) is 2.39. The molecule has 2 aromatic carbocycles. The lowest BCUT2D eigenvalue weighted by Crippen LogP contribution is -2.16.